The number of nitro benzene ring substituents is 3. The van der Waals surface area contributed by atoms with Crippen LogP contribution in [0, 0.1) is 70.3 Å². The van der Waals surface area contributed by atoms with E-state index in [9.17, 15) is 44.7 Å². The van der Waals surface area contributed by atoms with Crippen molar-refractivity contribution in [3.05, 3.63) is 132 Å². The van der Waals surface area contributed by atoms with E-state index in [1.165, 1.54) is 72.8 Å². The first-order valence-electron chi connectivity index (χ1n) is 19.0. The number of non-ortho nitro benzene ring substituents is 3. The topological polar surface area (TPSA) is 212 Å². The minimum absolute atomic E-state index is 0.0548. The van der Waals surface area contributed by atoms with Crippen molar-refractivity contribution in [2.75, 3.05) is 6.54 Å². The number of rotatable bonds is 9. The predicted molar refractivity (Wildman–Crippen MR) is 195 cm³/mol. The quantitative estimate of drug-likeness (QED) is 0.0754. The molecule has 6 aliphatic carbocycles. The summed E-state index contributed by atoms with van der Waals surface area (Å²) in [6, 6.07) is 15.6. The van der Waals surface area contributed by atoms with Crippen LogP contribution in [0.25, 0.3) is 0 Å². The maximum Gasteiger partial charge on any atom is 0.339 e. The van der Waals surface area contributed by atoms with Crippen molar-refractivity contribution in [1.82, 2.24) is 4.90 Å². The molecule has 6 saturated carbocycles. The zero-order chi connectivity index (χ0) is 40.0. The van der Waals surface area contributed by atoms with E-state index in [-0.39, 0.29) is 69.4 Å². The number of benzene rings is 3. The van der Waals surface area contributed by atoms with Gasteiger partial charge in [-0.25, -0.2) is 14.4 Å². The summed E-state index contributed by atoms with van der Waals surface area (Å²) in [5.41, 5.74) is -2.37. The Kier molecular flexibility index (Phi) is 7.16. The maximum absolute atomic E-state index is 14.2. The largest absolute Gasteiger partial charge is 0.458 e. The van der Waals surface area contributed by atoms with Gasteiger partial charge in [0.05, 0.1) is 31.5 Å². The molecule has 0 amide bonds. The Bertz CT molecular complexity index is 2350. The molecular formula is C41H36N4O12. The van der Waals surface area contributed by atoms with Crippen LogP contribution in [0.3, 0.4) is 0 Å². The molecule has 9 fully saturated rings. The Morgan fingerprint density at radius 3 is 1.77 bits per heavy atom. The average molecular weight is 777 g/mol. The van der Waals surface area contributed by atoms with Gasteiger partial charge in [0.2, 0.25) is 0 Å². The number of hydrogen-bond donors (Lipinski definition) is 0. The summed E-state index contributed by atoms with van der Waals surface area (Å²) in [4.78, 5) is 77.1. The Labute approximate surface area is 324 Å². The summed E-state index contributed by atoms with van der Waals surface area (Å²) in [5.74, 6) is -2.95. The molecule has 16 heteroatoms. The fourth-order valence-corrected chi connectivity index (χ4v) is 13.7. The highest BCUT2D eigenvalue weighted by Gasteiger charge is 2.95. The third kappa shape index (κ3) is 4.38. The zero-order valence-corrected chi connectivity index (χ0v) is 30.6. The van der Waals surface area contributed by atoms with E-state index in [4.69, 9.17) is 14.2 Å². The van der Waals surface area contributed by atoms with Gasteiger partial charge in [-0.1, -0.05) is 19.9 Å². The SMILES string of the molecule is C=C1[C@H]2C[C@@H]3C4N5C[C@]6(C)CCC[C@@]47[C@@H]6[C@@]5(OC(=O)c4ccc([N+](=O)[O-])cc4)C[C@]3([C@@H]1OC(=O)c1ccc([N+](=O)[O-])cc1)[C@H]7[C@H]2OC(=O)c1ccc([N+](=O)[O-])cc1. The lowest BCUT2D eigenvalue weighted by Crippen LogP contribution is -2.73. The minimum Gasteiger partial charge on any atom is -0.458 e. The van der Waals surface area contributed by atoms with Gasteiger partial charge in [0.25, 0.3) is 17.1 Å². The van der Waals surface area contributed by atoms with Crippen molar-refractivity contribution in [2.45, 2.75) is 63.0 Å². The van der Waals surface area contributed by atoms with Gasteiger partial charge < -0.3 is 14.2 Å². The highest BCUT2D eigenvalue weighted by atomic mass is 16.6. The molecule has 9 aliphatic rings. The van der Waals surface area contributed by atoms with Gasteiger partial charge in [0, 0.05) is 84.0 Å². The monoisotopic (exact) mass is 776 g/mol. The first-order valence-corrected chi connectivity index (χ1v) is 19.0. The number of carbonyl (C=O) groups excluding carboxylic acids is 3. The average Bonchev–Trinajstić information content (AvgIpc) is 3.57. The summed E-state index contributed by atoms with van der Waals surface area (Å²) in [7, 11) is 0. The smallest absolute Gasteiger partial charge is 0.339 e. The molecule has 292 valence electrons. The van der Waals surface area contributed by atoms with Crippen molar-refractivity contribution < 1.29 is 43.4 Å². The van der Waals surface area contributed by atoms with Crippen LogP contribution in [0.2, 0.25) is 0 Å². The second-order valence-corrected chi connectivity index (χ2v) is 17.2. The van der Waals surface area contributed by atoms with E-state index in [2.05, 4.69) is 18.4 Å². The zero-order valence-electron chi connectivity index (χ0n) is 30.6. The van der Waals surface area contributed by atoms with E-state index < -0.39 is 67.4 Å². The van der Waals surface area contributed by atoms with Gasteiger partial charge in [-0.3, -0.25) is 35.2 Å². The first-order chi connectivity index (χ1) is 27.2. The molecule has 2 unspecified atom stereocenters. The van der Waals surface area contributed by atoms with Crippen molar-refractivity contribution in [1.29, 1.82) is 0 Å². The van der Waals surface area contributed by atoms with Crippen molar-refractivity contribution in [2.24, 2.45) is 39.9 Å². The molecule has 0 radical (unpaired) electrons. The number of hydrogen-bond acceptors (Lipinski definition) is 13. The van der Waals surface area contributed by atoms with Crippen molar-refractivity contribution >= 4 is 35.0 Å². The summed E-state index contributed by atoms with van der Waals surface area (Å²) >= 11 is 0. The second-order valence-electron chi connectivity index (χ2n) is 17.2. The molecule has 12 atom stereocenters. The molecule has 3 heterocycles. The molecule has 3 saturated heterocycles. The molecule has 3 aromatic rings. The van der Waals surface area contributed by atoms with Crippen LogP contribution in [0.15, 0.2) is 84.9 Å². The normalized spacial score (nSPS) is 38.1. The first kappa shape index (κ1) is 35.4. The second kappa shape index (κ2) is 11.5. The number of carbonyl (C=O) groups is 3. The number of piperidine rings is 2. The molecule has 3 aliphatic heterocycles. The van der Waals surface area contributed by atoms with Gasteiger partial charge >= 0.3 is 17.9 Å². The minimum atomic E-state index is -1.14. The summed E-state index contributed by atoms with van der Waals surface area (Å²) in [5, 5.41) is 34.1. The number of fused-ring (bicyclic) bond motifs is 1. The molecule has 0 aromatic heterocycles. The molecular weight excluding hydrogens is 740 g/mol. The third-order valence-corrected chi connectivity index (χ3v) is 14.9. The number of ether oxygens (including phenoxy) is 3. The van der Waals surface area contributed by atoms with Gasteiger partial charge in [-0.05, 0) is 72.6 Å². The molecule has 2 spiro atoms. The van der Waals surface area contributed by atoms with Crippen molar-refractivity contribution in [3.63, 3.8) is 0 Å². The Morgan fingerprint density at radius 2 is 1.25 bits per heavy atom. The molecule has 0 N–H and O–H groups in total. The maximum atomic E-state index is 14.2. The standard InChI is InChI=1S/C41H36N4O12/c1-21-28-18-29-32-39-17-3-16-38(2)20-42(32)41(37(38)39,57-36(48)24-8-14-27(15-9-24)45(53)54)19-40(29,33(21)56-35(47)23-6-12-26(13-7-23)44(51)52)31(39)30(28)55-34(46)22-4-10-25(11-5-22)43(49)50/h4-15,28-33,37H,1,3,16-20H2,2H3/t28-,29-,30+,31+,32?,33-,37-,38+,39+,40-,41+/m1/s1. The summed E-state index contributed by atoms with van der Waals surface area (Å²) in [6.45, 7) is 7.39. The van der Waals surface area contributed by atoms with E-state index in [1.807, 2.05) is 0 Å². The van der Waals surface area contributed by atoms with Gasteiger partial charge in [-0.2, -0.15) is 0 Å². The molecule has 9 bridgehead atoms. The van der Waals surface area contributed by atoms with Crippen LogP contribution in [0.1, 0.15) is 70.1 Å². The van der Waals surface area contributed by atoms with Crippen LogP contribution in [0.5, 0.6) is 0 Å². The predicted octanol–water partition coefficient (Wildman–Crippen LogP) is 6.43. The van der Waals surface area contributed by atoms with E-state index in [1.54, 1.807) is 0 Å². The fourth-order valence-electron chi connectivity index (χ4n) is 13.7. The van der Waals surface area contributed by atoms with Crippen LogP contribution >= 0.6 is 0 Å². The van der Waals surface area contributed by atoms with Gasteiger partial charge in [0.1, 0.15) is 12.2 Å². The number of nitrogens with zero attached hydrogens (tertiary/aromatic N) is 4. The van der Waals surface area contributed by atoms with Crippen LogP contribution < -0.4 is 0 Å². The lowest BCUT2D eigenvalue weighted by Gasteiger charge is -2.68. The summed E-state index contributed by atoms with van der Waals surface area (Å²) in [6.07, 6.45) is 1.78. The summed E-state index contributed by atoms with van der Waals surface area (Å²) < 4.78 is 19.9. The lowest BCUT2D eigenvalue weighted by molar-refractivity contribution is -0.385. The van der Waals surface area contributed by atoms with Crippen LogP contribution in [-0.4, -0.2) is 68.1 Å². The molecule has 12 rings (SSSR count). The molecule has 57 heavy (non-hydrogen) atoms. The fraction of sp³-hybridized carbons (Fsp3) is 0.439. The van der Waals surface area contributed by atoms with Crippen molar-refractivity contribution in [3.8, 4) is 0 Å². The third-order valence-electron chi connectivity index (χ3n) is 14.9. The van der Waals surface area contributed by atoms with Gasteiger partial charge in [0.15, 0.2) is 5.72 Å². The number of esters is 3. The lowest BCUT2D eigenvalue weighted by atomic mass is 9.38. The highest BCUT2D eigenvalue weighted by molar-refractivity contribution is 5.91. The Hall–Kier alpha value is -6.03. The highest BCUT2D eigenvalue weighted by Crippen LogP contribution is 2.90. The Balaban J connectivity index is 1.09. The van der Waals surface area contributed by atoms with Crippen LogP contribution in [-0.2, 0) is 14.2 Å². The Morgan fingerprint density at radius 1 is 0.737 bits per heavy atom. The number of nitro groups is 3. The van der Waals surface area contributed by atoms with E-state index >= 15 is 0 Å². The van der Waals surface area contributed by atoms with E-state index in [0.29, 0.717) is 18.5 Å². The molecule has 16 nitrogen and oxygen atoms in total. The van der Waals surface area contributed by atoms with Gasteiger partial charge in [-0.15, -0.1) is 0 Å². The molecule has 3 aromatic carbocycles. The van der Waals surface area contributed by atoms with E-state index in [0.717, 1.165) is 19.3 Å². The van der Waals surface area contributed by atoms with Crippen LogP contribution in [0.4, 0.5) is 17.1 Å².